The highest BCUT2D eigenvalue weighted by atomic mass is 16.5. The van der Waals surface area contributed by atoms with Gasteiger partial charge in [0.25, 0.3) is 0 Å². The molecule has 0 aliphatic rings. The van der Waals surface area contributed by atoms with Gasteiger partial charge < -0.3 is 19.7 Å². The van der Waals surface area contributed by atoms with Gasteiger partial charge in [-0.1, -0.05) is 44.4 Å². The van der Waals surface area contributed by atoms with Crippen molar-refractivity contribution in [3.05, 3.63) is 77.9 Å². The van der Waals surface area contributed by atoms with Gasteiger partial charge in [0.05, 0.1) is 11.5 Å². The number of phenolic OH excluding ortho intramolecular Hbond substituents is 1. The maximum absolute atomic E-state index is 13.4. The van der Waals surface area contributed by atoms with Crippen LogP contribution in [0.1, 0.15) is 46.3 Å². The smallest absolute Gasteiger partial charge is 0.310 e. The summed E-state index contributed by atoms with van der Waals surface area (Å²) in [5.74, 6) is -1.92. The van der Waals surface area contributed by atoms with Crippen molar-refractivity contribution in [2.75, 3.05) is 13.2 Å². The van der Waals surface area contributed by atoms with E-state index in [2.05, 4.69) is 13.2 Å². The molecule has 1 unspecified atom stereocenters. The van der Waals surface area contributed by atoms with E-state index in [4.69, 9.17) is 9.47 Å². The largest absolute Gasteiger partial charge is 0.508 e. The number of aliphatic carboxylic acids is 1. The van der Waals surface area contributed by atoms with E-state index in [1.165, 1.54) is 12.1 Å². The van der Waals surface area contributed by atoms with Gasteiger partial charge in [-0.3, -0.25) is 9.59 Å². The number of ketones is 1. The van der Waals surface area contributed by atoms with Crippen molar-refractivity contribution < 1.29 is 29.3 Å². The van der Waals surface area contributed by atoms with Crippen molar-refractivity contribution in [1.82, 2.24) is 0 Å². The average molecular weight is 410 g/mol. The zero-order chi connectivity index (χ0) is 22.3. The van der Waals surface area contributed by atoms with E-state index in [9.17, 15) is 19.8 Å². The Hall–Kier alpha value is -3.54. The molecule has 0 aromatic heterocycles. The van der Waals surface area contributed by atoms with Crippen LogP contribution >= 0.6 is 0 Å². The van der Waals surface area contributed by atoms with Crippen LogP contribution in [0.25, 0.3) is 0 Å². The first-order valence-electron chi connectivity index (χ1n) is 9.56. The average Bonchev–Trinajstić information content (AvgIpc) is 2.72. The summed E-state index contributed by atoms with van der Waals surface area (Å²) in [6, 6.07) is 7.67. The Balaban J connectivity index is 2.75. The number of rotatable bonds is 11. The predicted molar refractivity (Wildman–Crippen MR) is 115 cm³/mol. The van der Waals surface area contributed by atoms with Crippen LogP contribution in [0.4, 0.5) is 0 Å². The number of hydrogen-bond acceptors (Lipinski definition) is 5. The topological polar surface area (TPSA) is 93.1 Å². The Morgan fingerprint density at radius 1 is 1.10 bits per heavy atom. The predicted octanol–water partition coefficient (Wildman–Crippen LogP) is 4.64. The standard InChI is InChI=1S/C24H26O6/c1-5-10-29-17-13-19(18(7-3)24(27)28)22(21(14-17)30-11-6-2)23(26)16-9-8-15(4)20(25)12-16/h5-6,8-9,12-14,18,25H,1-2,7,10-11H2,3-4H3,(H,27,28). The van der Waals surface area contributed by atoms with E-state index < -0.39 is 17.7 Å². The number of aryl methyl sites for hydroxylation is 1. The molecule has 0 amide bonds. The highest BCUT2D eigenvalue weighted by Crippen LogP contribution is 2.37. The molecule has 6 heteroatoms. The second-order valence-corrected chi connectivity index (χ2v) is 6.71. The molecule has 0 saturated heterocycles. The van der Waals surface area contributed by atoms with Gasteiger partial charge in [-0.15, -0.1) is 0 Å². The van der Waals surface area contributed by atoms with Crippen LogP contribution in [-0.2, 0) is 4.79 Å². The van der Waals surface area contributed by atoms with Crippen LogP contribution in [0.5, 0.6) is 17.2 Å². The fourth-order valence-electron chi connectivity index (χ4n) is 3.05. The van der Waals surface area contributed by atoms with Crippen molar-refractivity contribution in [1.29, 1.82) is 0 Å². The summed E-state index contributed by atoms with van der Waals surface area (Å²) < 4.78 is 11.3. The van der Waals surface area contributed by atoms with Gasteiger partial charge in [0.1, 0.15) is 30.5 Å². The molecule has 0 radical (unpaired) electrons. The van der Waals surface area contributed by atoms with Crippen molar-refractivity contribution in [3.8, 4) is 17.2 Å². The van der Waals surface area contributed by atoms with E-state index in [0.29, 0.717) is 11.3 Å². The second-order valence-electron chi connectivity index (χ2n) is 6.71. The number of carbonyl (C=O) groups excluding carboxylic acids is 1. The molecule has 2 aromatic rings. The van der Waals surface area contributed by atoms with E-state index in [0.717, 1.165) is 0 Å². The summed E-state index contributed by atoms with van der Waals surface area (Å²) in [6.07, 6.45) is 3.35. The minimum atomic E-state index is -1.06. The molecular weight excluding hydrogens is 384 g/mol. The lowest BCUT2D eigenvalue weighted by atomic mass is 9.87. The lowest BCUT2D eigenvalue weighted by molar-refractivity contribution is -0.138. The summed E-state index contributed by atoms with van der Waals surface area (Å²) >= 11 is 0. The van der Waals surface area contributed by atoms with Gasteiger partial charge >= 0.3 is 5.97 Å². The van der Waals surface area contributed by atoms with Crippen LogP contribution in [0.15, 0.2) is 55.6 Å². The third kappa shape index (κ3) is 5.08. The number of carbonyl (C=O) groups is 2. The Bertz CT molecular complexity index is 960. The molecule has 2 aromatic carbocycles. The Labute approximate surface area is 176 Å². The molecule has 0 aliphatic heterocycles. The highest BCUT2D eigenvalue weighted by molar-refractivity contribution is 6.12. The van der Waals surface area contributed by atoms with Crippen LogP contribution < -0.4 is 9.47 Å². The number of ether oxygens (including phenoxy) is 2. The minimum absolute atomic E-state index is 0.0211. The van der Waals surface area contributed by atoms with Crippen molar-refractivity contribution in [3.63, 3.8) is 0 Å². The van der Waals surface area contributed by atoms with Crippen molar-refractivity contribution in [2.45, 2.75) is 26.2 Å². The molecule has 0 aliphatic carbocycles. The molecular formula is C24H26O6. The zero-order valence-electron chi connectivity index (χ0n) is 17.2. The van der Waals surface area contributed by atoms with Crippen LogP contribution in [0.3, 0.4) is 0 Å². The van der Waals surface area contributed by atoms with Gasteiger partial charge in [-0.05, 0) is 36.6 Å². The quantitative estimate of drug-likeness (QED) is 0.414. The third-order valence-electron chi connectivity index (χ3n) is 4.61. The summed E-state index contributed by atoms with van der Waals surface area (Å²) in [7, 11) is 0. The highest BCUT2D eigenvalue weighted by Gasteiger charge is 2.29. The number of hydrogen-bond donors (Lipinski definition) is 2. The lowest BCUT2D eigenvalue weighted by Gasteiger charge is -2.20. The molecule has 158 valence electrons. The first-order chi connectivity index (χ1) is 14.3. The first kappa shape index (κ1) is 22.7. The molecule has 1 atom stereocenters. The molecule has 0 heterocycles. The SMILES string of the molecule is C=CCOc1cc(OCC=C)c(C(=O)c2ccc(C)c(O)c2)c(C(CC)C(=O)O)c1. The zero-order valence-corrected chi connectivity index (χ0v) is 17.2. The number of phenols is 1. The molecule has 2 N–H and O–H groups in total. The van der Waals surface area contributed by atoms with Gasteiger partial charge in [0.2, 0.25) is 0 Å². The van der Waals surface area contributed by atoms with E-state index in [-0.39, 0.29) is 47.8 Å². The maximum atomic E-state index is 13.4. The van der Waals surface area contributed by atoms with Gasteiger partial charge in [0.15, 0.2) is 5.78 Å². The second kappa shape index (κ2) is 10.3. The summed E-state index contributed by atoms with van der Waals surface area (Å²) in [4.78, 5) is 25.3. The summed E-state index contributed by atoms with van der Waals surface area (Å²) in [5, 5.41) is 19.8. The van der Waals surface area contributed by atoms with Gasteiger partial charge in [-0.2, -0.15) is 0 Å². The Morgan fingerprint density at radius 2 is 1.77 bits per heavy atom. The third-order valence-corrected chi connectivity index (χ3v) is 4.61. The Kier molecular flexibility index (Phi) is 7.81. The molecule has 0 bridgehead atoms. The molecule has 0 spiro atoms. The molecule has 6 nitrogen and oxygen atoms in total. The summed E-state index contributed by atoms with van der Waals surface area (Å²) in [5.41, 5.74) is 1.26. The fourth-order valence-corrected chi connectivity index (χ4v) is 3.05. The Morgan fingerprint density at radius 3 is 2.33 bits per heavy atom. The van der Waals surface area contributed by atoms with Crippen LogP contribution in [0.2, 0.25) is 0 Å². The van der Waals surface area contributed by atoms with Crippen LogP contribution in [-0.4, -0.2) is 35.2 Å². The minimum Gasteiger partial charge on any atom is -0.508 e. The number of carboxylic acid groups (broad SMARTS) is 1. The number of aromatic hydroxyl groups is 1. The first-order valence-corrected chi connectivity index (χ1v) is 9.56. The number of carboxylic acids is 1. The monoisotopic (exact) mass is 410 g/mol. The normalized spacial score (nSPS) is 11.4. The van der Waals surface area contributed by atoms with Gasteiger partial charge in [0, 0.05) is 11.6 Å². The molecule has 0 saturated carbocycles. The fraction of sp³-hybridized carbons (Fsp3) is 0.250. The maximum Gasteiger partial charge on any atom is 0.310 e. The molecule has 0 fully saturated rings. The van der Waals surface area contributed by atoms with Crippen LogP contribution in [0, 0.1) is 6.92 Å². The van der Waals surface area contributed by atoms with E-state index in [1.54, 1.807) is 44.2 Å². The van der Waals surface area contributed by atoms with Crippen molar-refractivity contribution in [2.24, 2.45) is 0 Å². The van der Waals surface area contributed by atoms with Gasteiger partial charge in [-0.25, -0.2) is 0 Å². The molecule has 30 heavy (non-hydrogen) atoms. The van der Waals surface area contributed by atoms with E-state index in [1.807, 2.05) is 0 Å². The lowest BCUT2D eigenvalue weighted by Crippen LogP contribution is -2.17. The van der Waals surface area contributed by atoms with Crippen molar-refractivity contribution >= 4 is 11.8 Å². The summed E-state index contributed by atoms with van der Waals surface area (Å²) in [6.45, 7) is 11.0. The van der Waals surface area contributed by atoms with E-state index >= 15 is 0 Å². The number of benzene rings is 2. The molecule has 2 rings (SSSR count).